The zero-order chi connectivity index (χ0) is 18.9. The summed E-state index contributed by atoms with van der Waals surface area (Å²) in [4.78, 5) is 14.7. The Morgan fingerprint density at radius 1 is 1.15 bits per heavy atom. The standard InChI is InChI=1S/C22H37N3O/c1-17(2)15-20-5-7-21(8-6-20)18(3)24-22(26)16-25-13-10-19(11-14-25)9-12-23-4/h5-8,17-19,23H,9-16H2,1-4H3,(H,24,26). The van der Waals surface area contributed by atoms with Crippen molar-refractivity contribution in [2.75, 3.05) is 33.2 Å². The summed E-state index contributed by atoms with van der Waals surface area (Å²) in [7, 11) is 2.01. The quantitative estimate of drug-likeness (QED) is 0.710. The highest BCUT2D eigenvalue weighted by molar-refractivity contribution is 5.78. The maximum absolute atomic E-state index is 12.4. The molecule has 1 aromatic carbocycles. The SMILES string of the molecule is CNCCC1CCN(CC(=O)NC(C)c2ccc(CC(C)C)cc2)CC1. The van der Waals surface area contributed by atoms with Crippen LogP contribution < -0.4 is 10.6 Å². The summed E-state index contributed by atoms with van der Waals surface area (Å²) >= 11 is 0. The van der Waals surface area contributed by atoms with Gasteiger partial charge in [0.25, 0.3) is 0 Å². The minimum atomic E-state index is 0.0590. The Balaban J connectivity index is 1.73. The topological polar surface area (TPSA) is 44.4 Å². The van der Waals surface area contributed by atoms with E-state index in [1.807, 2.05) is 7.05 Å². The number of carbonyl (C=O) groups is 1. The molecule has 26 heavy (non-hydrogen) atoms. The molecular weight excluding hydrogens is 322 g/mol. The Labute approximate surface area is 159 Å². The van der Waals surface area contributed by atoms with Crippen LogP contribution in [0.3, 0.4) is 0 Å². The predicted octanol–water partition coefficient (Wildman–Crippen LogP) is 3.38. The Kier molecular flexibility index (Phi) is 8.60. The summed E-state index contributed by atoms with van der Waals surface area (Å²) in [6.07, 6.45) is 4.77. The Bertz CT molecular complexity index is 533. The molecule has 2 rings (SSSR count). The third-order valence-electron chi connectivity index (χ3n) is 5.38. The highest BCUT2D eigenvalue weighted by Gasteiger charge is 2.21. The number of nitrogens with one attached hydrogen (secondary N) is 2. The average molecular weight is 360 g/mol. The van der Waals surface area contributed by atoms with Crippen LogP contribution in [0, 0.1) is 11.8 Å². The van der Waals surface area contributed by atoms with Crippen LogP contribution in [0.4, 0.5) is 0 Å². The molecule has 0 bridgehead atoms. The van der Waals surface area contributed by atoms with Gasteiger partial charge in [0.2, 0.25) is 5.91 Å². The smallest absolute Gasteiger partial charge is 0.234 e. The number of benzene rings is 1. The van der Waals surface area contributed by atoms with Crippen molar-refractivity contribution >= 4 is 5.91 Å². The van der Waals surface area contributed by atoms with Crippen LogP contribution in [0.15, 0.2) is 24.3 Å². The Morgan fingerprint density at radius 2 is 1.81 bits per heavy atom. The summed E-state index contributed by atoms with van der Waals surface area (Å²) in [6.45, 7) is 10.2. The second kappa shape index (κ2) is 10.7. The number of nitrogens with zero attached hydrogens (tertiary/aromatic N) is 1. The first-order valence-electron chi connectivity index (χ1n) is 10.2. The molecule has 1 fully saturated rings. The van der Waals surface area contributed by atoms with Crippen LogP contribution >= 0.6 is 0 Å². The van der Waals surface area contributed by atoms with Gasteiger partial charge < -0.3 is 10.6 Å². The van der Waals surface area contributed by atoms with Gasteiger partial charge >= 0.3 is 0 Å². The van der Waals surface area contributed by atoms with Gasteiger partial charge in [-0.3, -0.25) is 9.69 Å². The van der Waals surface area contributed by atoms with Crippen molar-refractivity contribution < 1.29 is 4.79 Å². The van der Waals surface area contributed by atoms with Crippen LogP contribution in [0.25, 0.3) is 0 Å². The molecule has 1 amide bonds. The average Bonchev–Trinajstić information content (AvgIpc) is 2.61. The van der Waals surface area contributed by atoms with Gasteiger partial charge in [-0.2, -0.15) is 0 Å². The first-order valence-corrected chi connectivity index (χ1v) is 10.2. The van der Waals surface area contributed by atoms with Gasteiger partial charge in [0.15, 0.2) is 0 Å². The molecule has 1 unspecified atom stereocenters. The van der Waals surface area contributed by atoms with E-state index in [0.717, 1.165) is 32.0 Å². The van der Waals surface area contributed by atoms with E-state index in [1.165, 1.54) is 30.4 Å². The van der Waals surface area contributed by atoms with Crippen molar-refractivity contribution in [1.29, 1.82) is 0 Å². The van der Waals surface area contributed by atoms with Crippen molar-refractivity contribution in [2.24, 2.45) is 11.8 Å². The number of carbonyl (C=O) groups excluding carboxylic acids is 1. The fourth-order valence-electron chi connectivity index (χ4n) is 3.77. The van der Waals surface area contributed by atoms with E-state index in [2.05, 4.69) is 60.6 Å². The van der Waals surface area contributed by atoms with Crippen molar-refractivity contribution in [3.63, 3.8) is 0 Å². The lowest BCUT2D eigenvalue weighted by molar-refractivity contribution is -0.123. The van der Waals surface area contributed by atoms with E-state index >= 15 is 0 Å². The molecule has 4 nitrogen and oxygen atoms in total. The zero-order valence-electron chi connectivity index (χ0n) is 17.1. The Hall–Kier alpha value is -1.39. The van der Waals surface area contributed by atoms with E-state index in [-0.39, 0.29) is 11.9 Å². The molecule has 1 atom stereocenters. The molecular formula is C22H37N3O. The van der Waals surface area contributed by atoms with Gasteiger partial charge in [0.1, 0.15) is 0 Å². The van der Waals surface area contributed by atoms with Gasteiger partial charge in [0.05, 0.1) is 12.6 Å². The van der Waals surface area contributed by atoms with E-state index in [4.69, 9.17) is 0 Å². The molecule has 1 heterocycles. The highest BCUT2D eigenvalue weighted by Crippen LogP contribution is 2.20. The van der Waals surface area contributed by atoms with Crippen LogP contribution in [-0.2, 0) is 11.2 Å². The maximum atomic E-state index is 12.4. The first-order chi connectivity index (χ1) is 12.5. The summed E-state index contributed by atoms with van der Waals surface area (Å²) in [5.41, 5.74) is 2.54. The normalized spacial score (nSPS) is 17.4. The van der Waals surface area contributed by atoms with Gasteiger partial charge in [0, 0.05) is 0 Å². The van der Waals surface area contributed by atoms with Crippen LogP contribution in [0.1, 0.15) is 57.2 Å². The molecule has 1 aliphatic rings. The van der Waals surface area contributed by atoms with Crippen molar-refractivity contribution in [1.82, 2.24) is 15.5 Å². The molecule has 146 valence electrons. The van der Waals surface area contributed by atoms with E-state index in [9.17, 15) is 4.79 Å². The Morgan fingerprint density at radius 3 is 2.38 bits per heavy atom. The number of amides is 1. The van der Waals surface area contributed by atoms with E-state index in [1.54, 1.807) is 0 Å². The van der Waals surface area contributed by atoms with Gasteiger partial charge in [-0.1, -0.05) is 38.1 Å². The molecule has 0 spiro atoms. The second-order valence-corrected chi connectivity index (χ2v) is 8.24. The minimum absolute atomic E-state index is 0.0590. The lowest BCUT2D eigenvalue weighted by atomic mass is 9.93. The van der Waals surface area contributed by atoms with E-state index in [0.29, 0.717) is 12.5 Å². The van der Waals surface area contributed by atoms with Crippen molar-refractivity contribution in [3.8, 4) is 0 Å². The zero-order valence-corrected chi connectivity index (χ0v) is 17.1. The number of hydrogen-bond donors (Lipinski definition) is 2. The van der Waals surface area contributed by atoms with Crippen LogP contribution in [0.2, 0.25) is 0 Å². The van der Waals surface area contributed by atoms with E-state index < -0.39 is 0 Å². The highest BCUT2D eigenvalue weighted by atomic mass is 16.2. The third-order valence-corrected chi connectivity index (χ3v) is 5.38. The third kappa shape index (κ3) is 7.08. The number of rotatable bonds is 9. The molecule has 1 aliphatic heterocycles. The lowest BCUT2D eigenvalue weighted by Gasteiger charge is -2.31. The summed E-state index contributed by atoms with van der Waals surface area (Å²) < 4.78 is 0. The minimum Gasteiger partial charge on any atom is -0.348 e. The number of likely N-dealkylation sites (tertiary alicyclic amines) is 1. The second-order valence-electron chi connectivity index (χ2n) is 8.24. The van der Waals surface area contributed by atoms with Crippen molar-refractivity contribution in [2.45, 2.75) is 52.5 Å². The molecule has 2 N–H and O–H groups in total. The van der Waals surface area contributed by atoms with Crippen LogP contribution in [0.5, 0.6) is 0 Å². The molecule has 0 aromatic heterocycles. The maximum Gasteiger partial charge on any atom is 0.234 e. The molecule has 4 heteroatoms. The fraction of sp³-hybridized carbons (Fsp3) is 0.682. The van der Waals surface area contributed by atoms with Gasteiger partial charge in [-0.05, 0) is 82.3 Å². The first kappa shape index (κ1) is 20.9. The number of piperidine rings is 1. The summed E-state index contributed by atoms with van der Waals surface area (Å²) in [5.74, 6) is 1.61. The van der Waals surface area contributed by atoms with Crippen LogP contribution in [-0.4, -0.2) is 44.0 Å². The molecule has 0 radical (unpaired) electrons. The largest absolute Gasteiger partial charge is 0.348 e. The molecule has 0 saturated carbocycles. The molecule has 1 aromatic rings. The lowest BCUT2D eigenvalue weighted by Crippen LogP contribution is -2.42. The monoisotopic (exact) mass is 359 g/mol. The summed E-state index contributed by atoms with van der Waals surface area (Å²) in [6, 6.07) is 8.73. The fourth-order valence-corrected chi connectivity index (χ4v) is 3.77. The molecule has 0 aliphatic carbocycles. The van der Waals surface area contributed by atoms with Crippen molar-refractivity contribution in [3.05, 3.63) is 35.4 Å². The van der Waals surface area contributed by atoms with Gasteiger partial charge in [-0.15, -0.1) is 0 Å². The summed E-state index contributed by atoms with van der Waals surface area (Å²) in [5, 5.41) is 6.39. The number of hydrogen-bond acceptors (Lipinski definition) is 3. The predicted molar refractivity (Wildman–Crippen MR) is 109 cm³/mol. The molecule has 1 saturated heterocycles. The van der Waals surface area contributed by atoms with Gasteiger partial charge in [-0.25, -0.2) is 0 Å².